The molecule has 0 bridgehead atoms. The maximum absolute atomic E-state index is 12.6. The summed E-state index contributed by atoms with van der Waals surface area (Å²) in [4.78, 5) is 26.3. The number of hydrogen-bond acceptors (Lipinski definition) is 3. The number of nitrogens with one attached hydrogen (secondary N) is 1. The molecule has 0 aliphatic carbocycles. The minimum absolute atomic E-state index is 0.00521. The van der Waals surface area contributed by atoms with Gasteiger partial charge in [-0.1, -0.05) is 42.5 Å². The van der Waals surface area contributed by atoms with E-state index in [-0.39, 0.29) is 24.3 Å². The predicted molar refractivity (Wildman–Crippen MR) is 105 cm³/mol. The van der Waals surface area contributed by atoms with Gasteiger partial charge in [0.2, 0.25) is 11.8 Å². The zero-order chi connectivity index (χ0) is 19.6. The fourth-order valence-electron chi connectivity index (χ4n) is 2.74. The minimum Gasteiger partial charge on any atom is -0.355 e. The summed E-state index contributed by atoms with van der Waals surface area (Å²) in [6, 6.07) is 18.9. The molecule has 0 spiro atoms. The van der Waals surface area contributed by atoms with Gasteiger partial charge in [-0.25, -0.2) is 0 Å². The Bertz CT molecular complexity index is 793. The van der Waals surface area contributed by atoms with Gasteiger partial charge in [0, 0.05) is 25.6 Å². The molecule has 2 aromatic rings. The van der Waals surface area contributed by atoms with E-state index in [0.29, 0.717) is 25.1 Å². The molecule has 0 radical (unpaired) electrons. The van der Waals surface area contributed by atoms with Crippen LogP contribution in [0, 0.1) is 11.3 Å². The zero-order valence-corrected chi connectivity index (χ0v) is 15.8. The molecule has 0 saturated heterocycles. The Labute approximate surface area is 160 Å². The number of nitriles is 1. The fraction of sp³-hybridized carbons (Fsp3) is 0.318. The average Bonchev–Trinajstić information content (AvgIpc) is 2.67. The van der Waals surface area contributed by atoms with Gasteiger partial charge < -0.3 is 10.2 Å². The Morgan fingerprint density at radius 3 is 2.30 bits per heavy atom. The van der Waals surface area contributed by atoms with Crippen molar-refractivity contribution in [2.45, 2.75) is 39.3 Å². The number of amides is 2. The van der Waals surface area contributed by atoms with Gasteiger partial charge in [-0.05, 0) is 37.1 Å². The van der Waals surface area contributed by atoms with Gasteiger partial charge in [-0.3, -0.25) is 9.59 Å². The van der Waals surface area contributed by atoms with Gasteiger partial charge in [0.15, 0.2) is 0 Å². The molecule has 2 rings (SSSR count). The molecule has 27 heavy (non-hydrogen) atoms. The first-order valence-corrected chi connectivity index (χ1v) is 9.08. The molecule has 0 fully saturated rings. The molecule has 0 saturated carbocycles. The van der Waals surface area contributed by atoms with Crippen LogP contribution in [0.2, 0.25) is 0 Å². The standard InChI is InChI=1S/C22H25N3O2/c1-17(2)25(16-20-10-8-19(15-23)9-11-20)22(27)12-13-24-21(26)14-18-6-4-3-5-7-18/h3-11,17H,12-14,16H2,1-2H3,(H,24,26). The summed E-state index contributed by atoms with van der Waals surface area (Å²) >= 11 is 0. The Kier molecular flexibility index (Phi) is 7.57. The second kappa shape index (κ2) is 10.1. The van der Waals surface area contributed by atoms with Crippen LogP contribution < -0.4 is 5.32 Å². The number of hydrogen-bond donors (Lipinski definition) is 1. The zero-order valence-electron chi connectivity index (χ0n) is 15.8. The van der Waals surface area contributed by atoms with Crippen LogP contribution in [0.4, 0.5) is 0 Å². The summed E-state index contributed by atoms with van der Waals surface area (Å²) in [5, 5.41) is 11.7. The summed E-state index contributed by atoms with van der Waals surface area (Å²) in [6.45, 7) is 4.74. The predicted octanol–water partition coefficient (Wildman–Crippen LogP) is 3.04. The Morgan fingerprint density at radius 1 is 1.04 bits per heavy atom. The van der Waals surface area contributed by atoms with E-state index in [0.717, 1.165) is 11.1 Å². The maximum Gasteiger partial charge on any atom is 0.224 e. The first kappa shape index (κ1) is 20.2. The highest BCUT2D eigenvalue weighted by atomic mass is 16.2. The molecular weight excluding hydrogens is 338 g/mol. The van der Waals surface area contributed by atoms with E-state index in [4.69, 9.17) is 5.26 Å². The van der Waals surface area contributed by atoms with E-state index in [2.05, 4.69) is 11.4 Å². The van der Waals surface area contributed by atoms with E-state index in [1.165, 1.54) is 0 Å². The summed E-state index contributed by atoms with van der Waals surface area (Å²) in [5.41, 5.74) is 2.53. The lowest BCUT2D eigenvalue weighted by Gasteiger charge is -2.27. The van der Waals surface area contributed by atoms with Crippen LogP contribution in [0.25, 0.3) is 0 Å². The molecule has 0 unspecified atom stereocenters. The molecule has 0 heterocycles. The van der Waals surface area contributed by atoms with Crippen molar-refractivity contribution in [3.63, 3.8) is 0 Å². The van der Waals surface area contributed by atoms with Crippen LogP contribution in [0.15, 0.2) is 54.6 Å². The maximum atomic E-state index is 12.6. The number of carbonyl (C=O) groups excluding carboxylic acids is 2. The molecule has 140 valence electrons. The van der Waals surface area contributed by atoms with Gasteiger partial charge in [0.05, 0.1) is 18.1 Å². The van der Waals surface area contributed by atoms with Gasteiger partial charge in [0.1, 0.15) is 0 Å². The van der Waals surface area contributed by atoms with Gasteiger partial charge in [-0.15, -0.1) is 0 Å². The highest BCUT2D eigenvalue weighted by Crippen LogP contribution is 2.11. The highest BCUT2D eigenvalue weighted by molar-refractivity contribution is 5.80. The van der Waals surface area contributed by atoms with Gasteiger partial charge in [0.25, 0.3) is 0 Å². The lowest BCUT2D eigenvalue weighted by Crippen LogP contribution is -2.38. The normalized spacial score (nSPS) is 10.3. The minimum atomic E-state index is -0.0859. The largest absolute Gasteiger partial charge is 0.355 e. The molecule has 1 N–H and O–H groups in total. The van der Waals surface area contributed by atoms with Crippen LogP contribution >= 0.6 is 0 Å². The van der Waals surface area contributed by atoms with Crippen molar-refractivity contribution in [2.24, 2.45) is 0 Å². The average molecular weight is 363 g/mol. The van der Waals surface area contributed by atoms with Crippen LogP contribution in [0.1, 0.15) is 37.0 Å². The second-order valence-corrected chi connectivity index (χ2v) is 6.69. The molecular formula is C22H25N3O2. The van der Waals surface area contributed by atoms with Crippen LogP contribution in [-0.2, 0) is 22.6 Å². The number of rotatable bonds is 8. The third kappa shape index (κ3) is 6.59. The lowest BCUT2D eigenvalue weighted by atomic mass is 10.1. The van der Waals surface area contributed by atoms with Gasteiger partial charge >= 0.3 is 0 Å². The summed E-state index contributed by atoms with van der Waals surface area (Å²) in [7, 11) is 0. The quantitative estimate of drug-likeness (QED) is 0.783. The summed E-state index contributed by atoms with van der Waals surface area (Å²) in [6.07, 6.45) is 0.573. The lowest BCUT2D eigenvalue weighted by molar-refractivity contribution is -0.133. The first-order valence-electron chi connectivity index (χ1n) is 9.08. The Balaban J connectivity index is 1.83. The molecule has 0 atom stereocenters. The van der Waals surface area contributed by atoms with Crippen molar-refractivity contribution in [1.29, 1.82) is 5.26 Å². The molecule has 2 amide bonds. The fourth-order valence-corrected chi connectivity index (χ4v) is 2.74. The number of benzene rings is 2. The molecule has 5 nitrogen and oxygen atoms in total. The third-order valence-corrected chi connectivity index (χ3v) is 4.25. The topological polar surface area (TPSA) is 73.2 Å². The highest BCUT2D eigenvalue weighted by Gasteiger charge is 2.17. The molecule has 2 aromatic carbocycles. The van der Waals surface area contributed by atoms with Crippen molar-refractivity contribution < 1.29 is 9.59 Å². The smallest absolute Gasteiger partial charge is 0.224 e. The SMILES string of the molecule is CC(C)N(Cc1ccc(C#N)cc1)C(=O)CCNC(=O)Cc1ccccc1. The molecule has 0 aliphatic heterocycles. The van der Waals surface area contributed by atoms with Crippen molar-refractivity contribution in [2.75, 3.05) is 6.54 Å². The third-order valence-electron chi connectivity index (χ3n) is 4.25. The summed E-state index contributed by atoms with van der Waals surface area (Å²) < 4.78 is 0. The van der Waals surface area contributed by atoms with Crippen molar-refractivity contribution >= 4 is 11.8 Å². The van der Waals surface area contributed by atoms with Crippen molar-refractivity contribution in [3.8, 4) is 6.07 Å². The number of nitrogens with zero attached hydrogens (tertiary/aromatic N) is 2. The Morgan fingerprint density at radius 2 is 1.70 bits per heavy atom. The van der Waals surface area contributed by atoms with E-state index >= 15 is 0 Å². The number of carbonyl (C=O) groups is 2. The van der Waals surface area contributed by atoms with Crippen LogP contribution in [-0.4, -0.2) is 29.3 Å². The van der Waals surface area contributed by atoms with Crippen LogP contribution in [0.5, 0.6) is 0 Å². The molecule has 5 heteroatoms. The van der Waals surface area contributed by atoms with E-state index in [1.807, 2.05) is 56.3 Å². The van der Waals surface area contributed by atoms with Crippen molar-refractivity contribution in [1.82, 2.24) is 10.2 Å². The van der Waals surface area contributed by atoms with Crippen molar-refractivity contribution in [3.05, 3.63) is 71.3 Å². The van der Waals surface area contributed by atoms with Crippen LogP contribution in [0.3, 0.4) is 0 Å². The van der Waals surface area contributed by atoms with E-state index < -0.39 is 0 Å². The van der Waals surface area contributed by atoms with E-state index in [9.17, 15) is 9.59 Å². The monoisotopic (exact) mass is 363 g/mol. The molecule has 0 aromatic heterocycles. The Hall–Kier alpha value is -3.13. The molecule has 0 aliphatic rings. The second-order valence-electron chi connectivity index (χ2n) is 6.69. The van der Waals surface area contributed by atoms with E-state index in [1.54, 1.807) is 17.0 Å². The summed E-state index contributed by atoms with van der Waals surface area (Å²) in [5.74, 6) is -0.0911. The van der Waals surface area contributed by atoms with Gasteiger partial charge in [-0.2, -0.15) is 5.26 Å². The first-order chi connectivity index (χ1) is 13.0.